The Morgan fingerprint density at radius 2 is 1.69 bits per heavy atom. The van der Waals surface area contributed by atoms with Gasteiger partial charge in [0.15, 0.2) is 0 Å². The molecule has 39 heavy (non-hydrogen) atoms. The fourth-order valence-corrected chi connectivity index (χ4v) is 6.51. The molecular formula is C28H30F4N6O. The molecule has 0 radical (unpaired) electrons. The molecule has 206 valence electrons. The second-order valence-corrected chi connectivity index (χ2v) is 10.9. The molecule has 0 spiro atoms. The number of hydrogen-bond donors (Lipinski definition) is 0. The molecule has 6 rings (SSSR count). The molecule has 2 fully saturated rings. The topological polar surface area (TPSA) is 67.2 Å². The van der Waals surface area contributed by atoms with E-state index < -0.39 is 12.0 Å². The number of carbonyl (C=O) groups is 1. The molecular weight excluding hydrogens is 512 g/mol. The van der Waals surface area contributed by atoms with Gasteiger partial charge in [-0.25, -0.2) is 4.39 Å². The van der Waals surface area contributed by atoms with Crippen LogP contribution < -0.4 is 0 Å². The van der Waals surface area contributed by atoms with Gasteiger partial charge in [-0.1, -0.05) is 18.2 Å². The minimum absolute atomic E-state index is 0.0362. The molecule has 2 aromatic carbocycles. The van der Waals surface area contributed by atoms with Gasteiger partial charge in [-0.3, -0.25) is 4.79 Å². The maximum Gasteiger partial charge on any atom is 0.453 e. The number of nitrogens with zero attached hydrogens (tertiary/aromatic N) is 6. The number of halogens is 4. The highest BCUT2D eigenvalue weighted by atomic mass is 19.4. The zero-order valence-electron chi connectivity index (χ0n) is 21.4. The molecule has 1 aliphatic carbocycles. The van der Waals surface area contributed by atoms with E-state index in [1.807, 2.05) is 17.0 Å². The summed E-state index contributed by atoms with van der Waals surface area (Å²) in [6.07, 6.45) is 0.735. The normalized spacial score (nSPS) is 22.7. The van der Waals surface area contributed by atoms with Crippen LogP contribution in [0.15, 0.2) is 42.5 Å². The van der Waals surface area contributed by atoms with Gasteiger partial charge in [0.1, 0.15) is 5.82 Å². The van der Waals surface area contributed by atoms with E-state index in [0.717, 1.165) is 56.3 Å². The third kappa shape index (κ3) is 5.28. The van der Waals surface area contributed by atoms with Crippen LogP contribution in [0.2, 0.25) is 0 Å². The maximum atomic E-state index is 13.5. The SMILES string of the molecule is O=C([C@H]1CCC(N2CCC(c3ccc(F)cc3)CC2)C1)N1CCc2ccc(-n3nnnc3C(F)(F)F)cc2C1. The largest absolute Gasteiger partial charge is 0.453 e. The smallest absolute Gasteiger partial charge is 0.338 e. The number of alkyl halides is 3. The van der Waals surface area contributed by atoms with Gasteiger partial charge in [0.05, 0.1) is 5.69 Å². The van der Waals surface area contributed by atoms with Crippen molar-refractivity contribution in [2.75, 3.05) is 19.6 Å². The first kappa shape index (κ1) is 25.9. The lowest BCUT2D eigenvalue weighted by molar-refractivity contribution is -0.146. The molecule has 1 amide bonds. The molecule has 3 aliphatic rings. The molecule has 7 nitrogen and oxygen atoms in total. The molecule has 2 atom stereocenters. The number of aromatic nitrogens is 4. The summed E-state index contributed by atoms with van der Waals surface area (Å²) in [5.41, 5.74) is 3.27. The molecule has 1 unspecified atom stereocenters. The van der Waals surface area contributed by atoms with Crippen LogP contribution in [0.3, 0.4) is 0 Å². The number of carbonyl (C=O) groups excluding carboxylic acids is 1. The van der Waals surface area contributed by atoms with E-state index in [2.05, 4.69) is 20.4 Å². The first-order valence-electron chi connectivity index (χ1n) is 13.5. The number of benzene rings is 2. The fraction of sp³-hybridized carbons (Fsp3) is 0.500. The average Bonchev–Trinajstić information content (AvgIpc) is 3.63. The number of tetrazole rings is 1. The van der Waals surface area contributed by atoms with E-state index in [0.29, 0.717) is 36.2 Å². The van der Waals surface area contributed by atoms with Gasteiger partial charge in [0.2, 0.25) is 5.91 Å². The molecule has 2 aliphatic heterocycles. The Morgan fingerprint density at radius 1 is 0.923 bits per heavy atom. The molecule has 1 saturated carbocycles. The standard InChI is InChI=1S/C28H30F4N6O/c29-23-5-1-18(2-6-23)20-9-12-36(13-10-20)24-7-4-21(15-24)26(39)37-14-11-19-3-8-25(16-22(19)17-37)38-27(28(30,31)32)33-34-35-38/h1-3,5-6,8,16,20-21,24H,4,7,9-15,17H2/t21-,24?/m0/s1. The summed E-state index contributed by atoms with van der Waals surface area (Å²) >= 11 is 0. The Morgan fingerprint density at radius 3 is 2.44 bits per heavy atom. The minimum atomic E-state index is -4.67. The molecule has 1 aromatic heterocycles. The van der Waals surface area contributed by atoms with Crippen LogP contribution in [0.1, 0.15) is 60.5 Å². The van der Waals surface area contributed by atoms with Crippen molar-refractivity contribution in [3.05, 3.63) is 70.8 Å². The van der Waals surface area contributed by atoms with Gasteiger partial charge in [-0.05, 0) is 109 Å². The summed E-state index contributed by atoms with van der Waals surface area (Å²) in [4.78, 5) is 17.9. The third-order valence-corrected chi connectivity index (χ3v) is 8.62. The molecule has 0 bridgehead atoms. The van der Waals surface area contributed by atoms with Gasteiger partial charge in [-0.2, -0.15) is 17.9 Å². The number of rotatable bonds is 4. The average molecular weight is 543 g/mol. The van der Waals surface area contributed by atoms with E-state index in [4.69, 9.17) is 0 Å². The van der Waals surface area contributed by atoms with Crippen LogP contribution in [0.4, 0.5) is 17.6 Å². The quantitative estimate of drug-likeness (QED) is 0.445. The third-order valence-electron chi connectivity index (χ3n) is 8.62. The van der Waals surface area contributed by atoms with Crippen molar-refractivity contribution >= 4 is 5.91 Å². The summed E-state index contributed by atoms with van der Waals surface area (Å²) in [7, 11) is 0. The van der Waals surface area contributed by atoms with Crippen LogP contribution >= 0.6 is 0 Å². The summed E-state index contributed by atoms with van der Waals surface area (Å²) in [5, 5.41) is 9.87. The van der Waals surface area contributed by atoms with Gasteiger partial charge < -0.3 is 9.80 Å². The van der Waals surface area contributed by atoms with Crippen molar-refractivity contribution < 1.29 is 22.4 Å². The molecule has 3 heterocycles. The Hall–Kier alpha value is -3.34. The van der Waals surface area contributed by atoms with Gasteiger partial charge >= 0.3 is 6.18 Å². The first-order valence-corrected chi connectivity index (χ1v) is 13.5. The van der Waals surface area contributed by atoms with Crippen LogP contribution in [-0.2, 0) is 23.9 Å². The maximum absolute atomic E-state index is 13.5. The zero-order chi connectivity index (χ0) is 27.1. The molecule has 1 saturated heterocycles. The summed E-state index contributed by atoms with van der Waals surface area (Å²) in [6, 6.07) is 12.3. The lowest BCUT2D eigenvalue weighted by Gasteiger charge is -2.36. The first-order chi connectivity index (χ1) is 18.8. The van der Waals surface area contributed by atoms with Crippen molar-refractivity contribution in [3.63, 3.8) is 0 Å². The molecule has 0 N–H and O–H groups in total. The highest BCUT2D eigenvalue weighted by molar-refractivity contribution is 5.79. The van der Waals surface area contributed by atoms with E-state index in [9.17, 15) is 22.4 Å². The zero-order valence-corrected chi connectivity index (χ0v) is 21.4. The van der Waals surface area contributed by atoms with Crippen LogP contribution in [-0.4, -0.2) is 61.6 Å². The number of hydrogen-bond acceptors (Lipinski definition) is 5. The van der Waals surface area contributed by atoms with Crippen molar-refractivity contribution in [1.82, 2.24) is 30.0 Å². The van der Waals surface area contributed by atoms with Gasteiger partial charge in [-0.15, -0.1) is 5.10 Å². The van der Waals surface area contributed by atoms with Crippen molar-refractivity contribution in [1.29, 1.82) is 0 Å². The highest BCUT2D eigenvalue weighted by Crippen LogP contribution is 2.36. The predicted molar refractivity (Wildman–Crippen MR) is 134 cm³/mol. The Balaban J connectivity index is 1.07. The number of piperidine rings is 1. The van der Waals surface area contributed by atoms with E-state index in [-0.39, 0.29) is 23.3 Å². The van der Waals surface area contributed by atoms with Crippen LogP contribution in [0, 0.1) is 11.7 Å². The number of likely N-dealkylation sites (tertiary alicyclic amines) is 1. The second-order valence-electron chi connectivity index (χ2n) is 10.9. The lowest BCUT2D eigenvalue weighted by Crippen LogP contribution is -2.42. The summed E-state index contributed by atoms with van der Waals surface area (Å²) < 4.78 is 53.8. The van der Waals surface area contributed by atoms with E-state index >= 15 is 0 Å². The van der Waals surface area contributed by atoms with Crippen LogP contribution in [0.25, 0.3) is 5.69 Å². The minimum Gasteiger partial charge on any atom is -0.338 e. The van der Waals surface area contributed by atoms with Gasteiger partial charge in [0, 0.05) is 25.0 Å². The Kier molecular flexibility index (Phi) is 6.86. The summed E-state index contributed by atoms with van der Waals surface area (Å²) in [6.45, 7) is 2.93. The monoisotopic (exact) mass is 542 g/mol. The fourth-order valence-electron chi connectivity index (χ4n) is 6.51. The van der Waals surface area contributed by atoms with Crippen molar-refractivity contribution in [3.8, 4) is 5.69 Å². The summed E-state index contributed by atoms with van der Waals surface area (Å²) in [5.74, 6) is -0.845. The van der Waals surface area contributed by atoms with Crippen LogP contribution in [0.5, 0.6) is 0 Å². The van der Waals surface area contributed by atoms with Crippen molar-refractivity contribution in [2.24, 2.45) is 5.92 Å². The van der Waals surface area contributed by atoms with E-state index in [1.54, 1.807) is 18.2 Å². The molecule has 3 aromatic rings. The molecule has 11 heteroatoms. The predicted octanol–water partition coefficient (Wildman–Crippen LogP) is 4.75. The second kappa shape index (κ2) is 10.3. The van der Waals surface area contributed by atoms with E-state index in [1.165, 1.54) is 17.7 Å². The number of amides is 1. The lowest BCUT2D eigenvalue weighted by atomic mass is 9.88. The number of fused-ring (bicyclic) bond motifs is 1. The van der Waals surface area contributed by atoms with Gasteiger partial charge in [0.25, 0.3) is 5.82 Å². The Labute approximate surface area is 223 Å². The Bertz CT molecular complexity index is 1330. The highest BCUT2D eigenvalue weighted by Gasteiger charge is 2.39. The van der Waals surface area contributed by atoms with Crippen molar-refractivity contribution in [2.45, 2.75) is 63.2 Å².